The molecule has 0 aliphatic rings. The van der Waals surface area contributed by atoms with E-state index in [2.05, 4.69) is 18.0 Å². The molecular weight excluding hydrogens is 140 g/mol. The van der Waals surface area contributed by atoms with Crippen molar-refractivity contribution in [2.75, 3.05) is 0 Å². The summed E-state index contributed by atoms with van der Waals surface area (Å²) >= 11 is 1.72. The Morgan fingerprint density at radius 3 is 2.90 bits per heavy atom. The van der Waals surface area contributed by atoms with Crippen LogP contribution in [0.2, 0.25) is 0 Å². The minimum absolute atomic E-state index is 1.11. The molecule has 0 fully saturated rings. The highest BCUT2D eigenvalue weighted by molar-refractivity contribution is 7.07. The van der Waals surface area contributed by atoms with Crippen LogP contribution in [0, 0.1) is 0 Å². The van der Waals surface area contributed by atoms with Crippen molar-refractivity contribution in [3.05, 3.63) is 33.3 Å². The van der Waals surface area contributed by atoms with E-state index in [0.29, 0.717) is 0 Å². The second kappa shape index (κ2) is 3.37. The smallest absolute Gasteiger partial charge is 0.0336 e. The molecule has 1 aromatic heterocycles. The quantitative estimate of drug-likeness (QED) is 0.569. The summed E-state index contributed by atoms with van der Waals surface area (Å²) in [6, 6.07) is 2.03. The van der Waals surface area contributed by atoms with Crippen LogP contribution in [0.25, 0.3) is 12.7 Å². The Bertz CT molecular complexity index is 317. The Kier molecular flexibility index (Phi) is 2.46. The first-order valence-corrected chi connectivity index (χ1v) is 4.08. The SMILES string of the molecule is C=c1ccsc1=CC=CC. The molecule has 0 unspecified atom stereocenters. The molecule has 1 aromatic rings. The summed E-state index contributed by atoms with van der Waals surface area (Å²) in [5.41, 5.74) is 0. The predicted molar refractivity (Wildman–Crippen MR) is 48.4 cm³/mol. The van der Waals surface area contributed by atoms with Gasteiger partial charge in [0.05, 0.1) is 0 Å². The molecule has 1 rings (SSSR count). The monoisotopic (exact) mass is 150 g/mol. The normalized spacial score (nSPS) is 13.1. The van der Waals surface area contributed by atoms with Gasteiger partial charge in [0.25, 0.3) is 0 Å². The van der Waals surface area contributed by atoms with E-state index in [1.165, 1.54) is 4.53 Å². The fraction of sp³-hybridized carbons (Fsp3) is 0.111. The number of allylic oxidation sites excluding steroid dienone is 2. The lowest BCUT2D eigenvalue weighted by atomic mass is 10.4. The number of rotatable bonds is 1. The van der Waals surface area contributed by atoms with Crippen LogP contribution in [0.1, 0.15) is 6.92 Å². The van der Waals surface area contributed by atoms with Gasteiger partial charge in [-0.25, -0.2) is 0 Å². The van der Waals surface area contributed by atoms with Gasteiger partial charge in [-0.2, -0.15) is 0 Å². The van der Waals surface area contributed by atoms with Crippen molar-refractivity contribution in [1.29, 1.82) is 0 Å². The van der Waals surface area contributed by atoms with Gasteiger partial charge in [-0.3, -0.25) is 0 Å². The van der Waals surface area contributed by atoms with Crippen LogP contribution in [0.4, 0.5) is 0 Å². The predicted octanol–water partition coefficient (Wildman–Crippen LogP) is 1.52. The lowest BCUT2D eigenvalue weighted by Gasteiger charge is -1.71. The summed E-state index contributed by atoms with van der Waals surface area (Å²) in [5, 5.41) is 3.17. The number of hydrogen-bond donors (Lipinski definition) is 0. The molecule has 0 saturated heterocycles. The first-order chi connectivity index (χ1) is 4.84. The van der Waals surface area contributed by atoms with Crippen LogP contribution >= 0.6 is 11.3 Å². The third-order valence-electron chi connectivity index (χ3n) is 1.22. The number of thiophene rings is 1. The summed E-state index contributed by atoms with van der Waals surface area (Å²) in [5.74, 6) is 0. The summed E-state index contributed by atoms with van der Waals surface area (Å²) < 4.78 is 1.25. The van der Waals surface area contributed by atoms with Gasteiger partial charge in [-0.05, 0) is 29.7 Å². The second-order valence-electron chi connectivity index (χ2n) is 2.00. The Balaban J connectivity index is 3.16. The van der Waals surface area contributed by atoms with E-state index in [0.717, 1.165) is 5.22 Å². The third-order valence-corrected chi connectivity index (χ3v) is 2.15. The van der Waals surface area contributed by atoms with E-state index in [1.54, 1.807) is 11.3 Å². The molecule has 0 radical (unpaired) electrons. The molecule has 0 bridgehead atoms. The van der Waals surface area contributed by atoms with E-state index >= 15 is 0 Å². The Morgan fingerprint density at radius 2 is 2.40 bits per heavy atom. The molecule has 0 aromatic carbocycles. The molecule has 0 aliphatic carbocycles. The van der Waals surface area contributed by atoms with Crippen LogP contribution < -0.4 is 9.75 Å². The van der Waals surface area contributed by atoms with Crippen molar-refractivity contribution in [1.82, 2.24) is 0 Å². The minimum atomic E-state index is 1.11. The van der Waals surface area contributed by atoms with Gasteiger partial charge < -0.3 is 0 Å². The zero-order valence-electron chi connectivity index (χ0n) is 6.00. The Labute approximate surface area is 64.8 Å². The third kappa shape index (κ3) is 1.58. The van der Waals surface area contributed by atoms with Crippen LogP contribution in [0.5, 0.6) is 0 Å². The van der Waals surface area contributed by atoms with E-state index in [-0.39, 0.29) is 0 Å². The van der Waals surface area contributed by atoms with E-state index in [1.807, 2.05) is 25.1 Å². The fourth-order valence-electron chi connectivity index (χ4n) is 0.677. The summed E-state index contributed by atoms with van der Waals surface area (Å²) in [4.78, 5) is 0. The Morgan fingerprint density at radius 1 is 1.60 bits per heavy atom. The molecule has 0 atom stereocenters. The van der Waals surface area contributed by atoms with Crippen molar-refractivity contribution in [3.8, 4) is 0 Å². The lowest BCUT2D eigenvalue weighted by Crippen LogP contribution is -2.14. The van der Waals surface area contributed by atoms with E-state index in [9.17, 15) is 0 Å². The van der Waals surface area contributed by atoms with E-state index in [4.69, 9.17) is 0 Å². The average Bonchev–Trinajstić information content (AvgIpc) is 2.31. The molecule has 0 nitrogen and oxygen atoms in total. The molecule has 0 N–H and O–H groups in total. The van der Waals surface area contributed by atoms with Crippen molar-refractivity contribution >= 4 is 24.0 Å². The molecule has 0 spiro atoms. The molecule has 0 amide bonds. The zero-order valence-corrected chi connectivity index (χ0v) is 6.82. The highest BCUT2D eigenvalue weighted by Gasteiger charge is 1.78. The summed E-state index contributed by atoms with van der Waals surface area (Å²) in [7, 11) is 0. The van der Waals surface area contributed by atoms with E-state index < -0.39 is 0 Å². The highest BCUT2D eigenvalue weighted by Crippen LogP contribution is 1.80. The van der Waals surface area contributed by atoms with Crippen LogP contribution in [0.3, 0.4) is 0 Å². The molecule has 0 aliphatic heterocycles. The molecular formula is C9H10S. The fourth-order valence-corrected chi connectivity index (χ4v) is 1.43. The van der Waals surface area contributed by atoms with Gasteiger partial charge in [0.15, 0.2) is 0 Å². The van der Waals surface area contributed by atoms with Gasteiger partial charge in [0, 0.05) is 4.53 Å². The topological polar surface area (TPSA) is 0 Å². The van der Waals surface area contributed by atoms with Crippen molar-refractivity contribution in [2.24, 2.45) is 0 Å². The standard InChI is InChI=1S/C9H10S/c1-3-4-5-9-8(2)6-7-10-9/h3-7H,2H2,1H3. The minimum Gasteiger partial charge on any atom is -0.144 e. The van der Waals surface area contributed by atoms with Crippen molar-refractivity contribution < 1.29 is 0 Å². The maximum atomic E-state index is 3.88. The largest absolute Gasteiger partial charge is 0.144 e. The maximum absolute atomic E-state index is 3.88. The second-order valence-corrected chi connectivity index (χ2v) is 2.95. The lowest BCUT2D eigenvalue weighted by molar-refractivity contribution is 1.72. The summed E-state index contributed by atoms with van der Waals surface area (Å²) in [6.07, 6.45) is 6.12. The molecule has 1 heterocycles. The molecule has 10 heavy (non-hydrogen) atoms. The van der Waals surface area contributed by atoms with Gasteiger partial charge in [-0.1, -0.05) is 18.7 Å². The van der Waals surface area contributed by atoms with Gasteiger partial charge in [0.1, 0.15) is 0 Å². The summed E-state index contributed by atoms with van der Waals surface area (Å²) in [6.45, 7) is 5.89. The van der Waals surface area contributed by atoms with Gasteiger partial charge in [-0.15, -0.1) is 11.3 Å². The first-order valence-electron chi connectivity index (χ1n) is 3.20. The molecule has 1 heteroatoms. The van der Waals surface area contributed by atoms with Crippen LogP contribution in [-0.4, -0.2) is 0 Å². The zero-order chi connectivity index (χ0) is 7.40. The van der Waals surface area contributed by atoms with Gasteiger partial charge >= 0.3 is 0 Å². The maximum Gasteiger partial charge on any atom is 0.0336 e. The Hall–Kier alpha value is -0.820. The van der Waals surface area contributed by atoms with Crippen molar-refractivity contribution in [2.45, 2.75) is 6.92 Å². The average molecular weight is 150 g/mol. The molecule has 0 saturated carbocycles. The van der Waals surface area contributed by atoms with Crippen molar-refractivity contribution in [3.63, 3.8) is 0 Å². The number of hydrogen-bond acceptors (Lipinski definition) is 1. The molecule has 52 valence electrons. The first kappa shape index (κ1) is 7.29. The van der Waals surface area contributed by atoms with Gasteiger partial charge in [0.2, 0.25) is 0 Å². The highest BCUT2D eigenvalue weighted by atomic mass is 32.1. The van der Waals surface area contributed by atoms with Crippen LogP contribution in [0.15, 0.2) is 23.6 Å². The van der Waals surface area contributed by atoms with Crippen LogP contribution in [-0.2, 0) is 0 Å².